The van der Waals surface area contributed by atoms with Crippen LogP contribution >= 0.6 is 11.6 Å². The Morgan fingerprint density at radius 2 is 2.30 bits per heavy atom. The summed E-state index contributed by atoms with van der Waals surface area (Å²) in [4.78, 5) is 15.9. The maximum absolute atomic E-state index is 11.6. The first kappa shape index (κ1) is 13.7. The summed E-state index contributed by atoms with van der Waals surface area (Å²) in [6, 6.07) is 8.34. The van der Waals surface area contributed by atoms with E-state index in [1.807, 2.05) is 23.1 Å². The van der Waals surface area contributed by atoms with Gasteiger partial charge in [0.15, 0.2) is 0 Å². The Morgan fingerprint density at radius 3 is 3.05 bits per heavy atom. The summed E-state index contributed by atoms with van der Waals surface area (Å²) in [5, 5.41) is 3.63. The number of nitrogens with zero attached hydrogens (tertiary/aromatic N) is 2. The molecule has 5 nitrogen and oxygen atoms in total. The van der Waals surface area contributed by atoms with Crippen molar-refractivity contribution in [3.63, 3.8) is 0 Å². The molecule has 0 spiro atoms. The van der Waals surface area contributed by atoms with Gasteiger partial charge in [0.1, 0.15) is 0 Å². The molecule has 3 N–H and O–H groups in total. The summed E-state index contributed by atoms with van der Waals surface area (Å²) >= 11 is 6.07. The molecular formula is C14H19ClN4O. The van der Waals surface area contributed by atoms with Gasteiger partial charge in [0.05, 0.1) is 6.04 Å². The van der Waals surface area contributed by atoms with Crippen LogP contribution < -0.4 is 11.1 Å². The second-order valence-corrected chi connectivity index (χ2v) is 5.77. The molecule has 6 heteroatoms. The lowest BCUT2D eigenvalue weighted by molar-refractivity contribution is 0.0904. The predicted octanol–water partition coefficient (Wildman–Crippen LogP) is 1.05. The molecule has 2 aliphatic heterocycles. The topological polar surface area (TPSA) is 61.6 Å². The van der Waals surface area contributed by atoms with Crippen LogP contribution in [0.1, 0.15) is 11.6 Å². The van der Waals surface area contributed by atoms with Crippen LogP contribution in [0.15, 0.2) is 24.3 Å². The second kappa shape index (κ2) is 5.60. The molecule has 3 rings (SSSR count). The first-order valence-electron chi connectivity index (χ1n) is 6.93. The summed E-state index contributed by atoms with van der Waals surface area (Å²) in [6.07, 6.45) is 0. The summed E-state index contributed by atoms with van der Waals surface area (Å²) in [5.41, 5.74) is 7.11. The second-order valence-electron chi connectivity index (χ2n) is 5.33. The first-order chi connectivity index (χ1) is 9.69. The number of urea groups is 1. The molecule has 1 aromatic carbocycles. The van der Waals surface area contributed by atoms with E-state index in [2.05, 4.69) is 16.3 Å². The maximum atomic E-state index is 11.6. The van der Waals surface area contributed by atoms with Crippen LogP contribution in [0.3, 0.4) is 0 Å². The molecule has 20 heavy (non-hydrogen) atoms. The summed E-state index contributed by atoms with van der Waals surface area (Å²) in [5.74, 6) is 0. The third-order valence-corrected chi connectivity index (χ3v) is 4.40. The van der Waals surface area contributed by atoms with Gasteiger partial charge in [0, 0.05) is 43.8 Å². The summed E-state index contributed by atoms with van der Waals surface area (Å²) in [6.45, 7) is 3.73. The number of rotatable bonds is 3. The highest BCUT2D eigenvalue weighted by Crippen LogP contribution is 2.26. The molecule has 2 amide bonds. The Hall–Kier alpha value is -1.30. The van der Waals surface area contributed by atoms with E-state index in [1.54, 1.807) is 0 Å². The van der Waals surface area contributed by atoms with Crippen molar-refractivity contribution in [3.05, 3.63) is 34.9 Å². The van der Waals surface area contributed by atoms with Gasteiger partial charge in [-0.3, -0.25) is 4.90 Å². The number of benzene rings is 1. The van der Waals surface area contributed by atoms with E-state index in [9.17, 15) is 4.79 Å². The molecule has 0 radical (unpaired) electrons. The van der Waals surface area contributed by atoms with Gasteiger partial charge in [0.2, 0.25) is 0 Å². The number of carbonyl (C=O) groups excluding carboxylic acids is 1. The van der Waals surface area contributed by atoms with Crippen molar-refractivity contribution in [1.82, 2.24) is 15.1 Å². The van der Waals surface area contributed by atoms with Crippen molar-refractivity contribution in [1.29, 1.82) is 0 Å². The number of halogens is 1. The number of hydrogen-bond donors (Lipinski definition) is 2. The van der Waals surface area contributed by atoms with Crippen LogP contribution in [0.2, 0.25) is 5.02 Å². The molecule has 0 aromatic heterocycles. The molecule has 108 valence electrons. The van der Waals surface area contributed by atoms with E-state index < -0.39 is 0 Å². The predicted molar refractivity (Wildman–Crippen MR) is 78.7 cm³/mol. The Kier molecular flexibility index (Phi) is 3.83. The smallest absolute Gasteiger partial charge is 0.317 e. The van der Waals surface area contributed by atoms with Gasteiger partial charge in [-0.15, -0.1) is 0 Å². The number of nitrogens with one attached hydrogen (secondary N) is 1. The quantitative estimate of drug-likeness (QED) is 0.876. The van der Waals surface area contributed by atoms with Crippen LogP contribution in [0, 0.1) is 0 Å². The Balaban J connectivity index is 1.76. The fraction of sp³-hybridized carbons (Fsp3) is 0.500. The number of nitrogens with two attached hydrogens (primary N) is 1. The van der Waals surface area contributed by atoms with Crippen molar-refractivity contribution in [3.8, 4) is 0 Å². The molecule has 2 saturated heterocycles. The van der Waals surface area contributed by atoms with Gasteiger partial charge >= 0.3 is 6.03 Å². The highest BCUT2D eigenvalue weighted by Gasteiger charge is 2.37. The Labute approximate surface area is 123 Å². The van der Waals surface area contributed by atoms with E-state index in [0.29, 0.717) is 6.54 Å². The molecular weight excluding hydrogens is 276 g/mol. The van der Waals surface area contributed by atoms with Crippen LogP contribution in [0.25, 0.3) is 0 Å². The molecule has 2 atom stereocenters. The fourth-order valence-electron chi connectivity index (χ4n) is 3.12. The molecule has 1 aromatic rings. The maximum Gasteiger partial charge on any atom is 0.317 e. The minimum absolute atomic E-state index is 0.0571. The molecule has 2 unspecified atom stereocenters. The largest absolute Gasteiger partial charge is 0.336 e. The third-order valence-electron chi connectivity index (χ3n) is 4.16. The minimum Gasteiger partial charge on any atom is -0.336 e. The van der Waals surface area contributed by atoms with Crippen LogP contribution in [-0.2, 0) is 0 Å². The highest BCUT2D eigenvalue weighted by molar-refractivity contribution is 6.30. The number of fused-ring (bicyclic) bond motifs is 1. The van der Waals surface area contributed by atoms with Gasteiger partial charge in [-0.25, -0.2) is 4.79 Å². The molecule has 0 aliphatic carbocycles. The molecule has 0 bridgehead atoms. The summed E-state index contributed by atoms with van der Waals surface area (Å²) < 4.78 is 0. The standard InChI is InChI=1S/C14H19ClN4O/c15-11-3-1-2-10(6-11)13(7-16)18-4-5-19-12(9-18)8-17-14(19)20/h1-3,6,12-13H,4-5,7-9,16H2,(H,17,20). The lowest BCUT2D eigenvalue weighted by atomic mass is 10.0. The minimum atomic E-state index is 0.0571. The van der Waals surface area contributed by atoms with Crippen molar-refractivity contribution in [2.24, 2.45) is 5.73 Å². The fourth-order valence-corrected chi connectivity index (χ4v) is 3.32. The van der Waals surface area contributed by atoms with E-state index in [1.165, 1.54) is 0 Å². The Bertz CT molecular complexity index is 510. The Morgan fingerprint density at radius 1 is 1.45 bits per heavy atom. The van der Waals surface area contributed by atoms with Gasteiger partial charge in [-0.1, -0.05) is 23.7 Å². The van der Waals surface area contributed by atoms with Crippen LogP contribution in [0.4, 0.5) is 4.79 Å². The van der Waals surface area contributed by atoms with Crippen molar-refractivity contribution < 1.29 is 4.79 Å². The van der Waals surface area contributed by atoms with E-state index in [0.717, 1.165) is 36.8 Å². The third kappa shape index (κ3) is 2.49. The average molecular weight is 295 g/mol. The molecule has 0 saturated carbocycles. The first-order valence-corrected chi connectivity index (χ1v) is 7.31. The number of hydrogen-bond acceptors (Lipinski definition) is 3. The van der Waals surface area contributed by atoms with Crippen LogP contribution in [-0.4, -0.2) is 54.6 Å². The summed E-state index contributed by atoms with van der Waals surface area (Å²) in [7, 11) is 0. The lowest BCUT2D eigenvalue weighted by Crippen LogP contribution is -2.53. The van der Waals surface area contributed by atoms with Gasteiger partial charge in [-0.2, -0.15) is 0 Å². The van der Waals surface area contributed by atoms with Crippen molar-refractivity contribution >= 4 is 17.6 Å². The zero-order valence-corrected chi connectivity index (χ0v) is 12.0. The molecule has 2 heterocycles. The van der Waals surface area contributed by atoms with E-state index in [4.69, 9.17) is 17.3 Å². The van der Waals surface area contributed by atoms with Crippen molar-refractivity contribution in [2.75, 3.05) is 32.7 Å². The monoisotopic (exact) mass is 294 g/mol. The lowest BCUT2D eigenvalue weighted by Gasteiger charge is -2.40. The number of amides is 2. The number of piperazine rings is 1. The van der Waals surface area contributed by atoms with E-state index >= 15 is 0 Å². The van der Waals surface area contributed by atoms with Gasteiger partial charge in [-0.05, 0) is 17.7 Å². The zero-order valence-electron chi connectivity index (χ0n) is 11.3. The average Bonchev–Trinajstić information content (AvgIpc) is 2.81. The molecule has 2 aliphatic rings. The van der Waals surface area contributed by atoms with E-state index in [-0.39, 0.29) is 18.1 Å². The SMILES string of the molecule is NCC(c1cccc(Cl)c1)N1CCN2C(=O)NCC2C1. The molecule has 2 fully saturated rings. The van der Waals surface area contributed by atoms with Crippen molar-refractivity contribution in [2.45, 2.75) is 12.1 Å². The number of carbonyl (C=O) groups is 1. The van der Waals surface area contributed by atoms with Crippen LogP contribution in [0.5, 0.6) is 0 Å². The van der Waals surface area contributed by atoms with Gasteiger partial charge in [0.25, 0.3) is 0 Å². The normalized spacial score (nSPS) is 24.4. The zero-order chi connectivity index (χ0) is 14.1. The van der Waals surface area contributed by atoms with Gasteiger partial charge < -0.3 is 16.0 Å². The highest BCUT2D eigenvalue weighted by atomic mass is 35.5.